The highest BCUT2D eigenvalue weighted by Crippen LogP contribution is 2.37. The van der Waals surface area contributed by atoms with Gasteiger partial charge in [-0.3, -0.25) is 0 Å². The van der Waals surface area contributed by atoms with Crippen LogP contribution in [0.5, 0.6) is 5.75 Å². The van der Waals surface area contributed by atoms with Crippen molar-refractivity contribution in [3.05, 3.63) is 36.4 Å². The van der Waals surface area contributed by atoms with E-state index in [1.165, 1.54) is 25.7 Å². The standard InChI is InChI=1S/C18H22N2O/c1-20-13-8-9-14(20)11-12(10-13)19-17-6-2-5-16-15(17)4-3-7-18(16)21/h2-7,12-14,19,21H,8-11H2,1H3. The molecular weight excluding hydrogens is 260 g/mol. The van der Waals surface area contributed by atoms with Crippen molar-refractivity contribution in [3.8, 4) is 5.75 Å². The maximum Gasteiger partial charge on any atom is 0.123 e. The summed E-state index contributed by atoms with van der Waals surface area (Å²) in [5.41, 5.74) is 1.15. The molecule has 0 radical (unpaired) electrons. The summed E-state index contributed by atoms with van der Waals surface area (Å²) in [6.07, 6.45) is 5.13. The molecule has 2 aromatic carbocycles. The van der Waals surface area contributed by atoms with E-state index in [-0.39, 0.29) is 0 Å². The van der Waals surface area contributed by atoms with E-state index in [0.29, 0.717) is 11.8 Å². The van der Waals surface area contributed by atoms with Gasteiger partial charge in [0, 0.05) is 34.6 Å². The number of nitrogens with one attached hydrogen (secondary N) is 1. The molecule has 110 valence electrons. The summed E-state index contributed by atoms with van der Waals surface area (Å²) in [6, 6.07) is 13.9. The molecule has 2 bridgehead atoms. The summed E-state index contributed by atoms with van der Waals surface area (Å²) in [7, 11) is 2.27. The number of anilines is 1. The molecule has 4 rings (SSSR count). The van der Waals surface area contributed by atoms with Crippen molar-refractivity contribution < 1.29 is 5.11 Å². The first-order chi connectivity index (χ1) is 10.2. The molecule has 2 atom stereocenters. The van der Waals surface area contributed by atoms with Crippen molar-refractivity contribution in [1.82, 2.24) is 4.90 Å². The topological polar surface area (TPSA) is 35.5 Å². The quantitative estimate of drug-likeness (QED) is 0.883. The summed E-state index contributed by atoms with van der Waals surface area (Å²) in [4.78, 5) is 2.56. The largest absolute Gasteiger partial charge is 0.507 e. The van der Waals surface area contributed by atoms with E-state index >= 15 is 0 Å². The first-order valence-corrected chi connectivity index (χ1v) is 7.91. The second-order valence-electron chi connectivity index (χ2n) is 6.54. The van der Waals surface area contributed by atoms with Crippen LogP contribution in [0, 0.1) is 0 Å². The zero-order chi connectivity index (χ0) is 14.4. The molecule has 0 aromatic heterocycles. The Morgan fingerprint density at radius 2 is 1.67 bits per heavy atom. The van der Waals surface area contributed by atoms with Gasteiger partial charge < -0.3 is 15.3 Å². The van der Waals surface area contributed by atoms with Crippen LogP contribution in [0.4, 0.5) is 5.69 Å². The van der Waals surface area contributed by atoms with Gasteiger partial charge in [-0.2, -0.15) is 0 Å². The average Bonchev–Trinajstić information content (AvgIpc) is 2.71. The van der Waals surface area contributed by atoms with Crippen LogP contribution in [0.1, 0.15) is 25.7 Å². The minimum Gasteiger partial charge on any atom is -0.507 e. The molecular formula is C18H22N2O. The van der Waals surface area contributed by atoms with Gasteiger partial charge in [-0.05, 0) is 44.9 Å². The van der Waals surface area contributed by atoms with Crippen molar-refractivity contribution in [2.75, 3.05) is 12.4 Å². The van der Waals surface area contributed by atoms with Gasteiger partial charge in [0.05, 0.1) is 0 Å². The zero-order valence-corrected chi connectivity index (χ0v) is 12.4. The molecule has 2 aliphatic rings. The lowest BCUT2D eigenvalue weighted by Crippen LogP contribution is -2.44. The molecule has 2 aliphatic heterocycles. The predicted molar refractivity (Wildman–Crippen MR) is 86.8 cm³/mol. The van der Waals surface area contributed by atoms with Crippen LogP contribution in [-0.4, -0.2) is 35.2 Å². The summed E-state index contributed by atoms with van der Waals surface area (Å²) >= 11 is 0. The molecule has 2 N–H and O–H groups in total. The van der Waals surface area contributed by atoms with Crippen LogP contribution >= 0.6 is 0 Å². The first-order valence-electron chi connectivity index (χ1n) is 7.91. The van der Waals surface area contributed by atoms with Gasteiger partial charge in [0.1, 0.15) is 5.75 Å². The Morgan fingerprint density at radius 3 is 2.43 bits per heavy atom. The fourth-order valence-corrected chi connectivity index (χ4v) is 4.17. The fraction of sp³-hybridized carbons (Fsp3) is 0.444. The van der Waals surface area contributed by atoms with E-state index in [9.17, 15) is 5.11 Å². The Hall–Kier alpha value is -1.74. The highest BCUT2D eigenvalue weighted by molar-refractivity contribution is 5.97. The average molecular weight is 282 g/mol. The Balaban J connectivity index is 1.62. The van der Waals surface area contributed by atoms with E-state index in [0.717, 1.165) is 28.5 Å². The smallest absolute Gasteiger partial charge is 0.123 e. The highest BCUT2D eigenvalue weighted by Gasteiger charge is 2.38. The molecule has 2 fully saturated rings. The summed E-state index contributed by atoms with van der Waals surface area (Å²) in [5.74, 6) is 0.361. The number of fused-ring (bicyclic) bond motifs is 3. The number of aromatic hydroxyl groups is 1. The van der Waals surface area contributed by atoms with Gasteiger partial charge in [-0.15, -0.1) is 0 Å². The molecule has 3 nitrogen and oxygen atoms in total. The molecule has 0 spiro atoms. The Bertz CT molecular complexity index is 655. The van der Waals surface area contributed by atoms with Gasteiger partial charge in [-0.25, -0.2) is 0 Å². The third-order valence-corrected chi connectivity index (χ3v) is 5.36. The number of phenols is 1. The SMILES string of the molecule is CN1C2CCC1CC(Nc1cccc3c(O)cccc13)C2. The number of nitrogens with zero attached hydrogens (tertiary/aromatic N) is 1. The number of hydrogen-bond acceptors (Lipinski definition) is 3. The van der Waals surface area contributed by atoms with Crippen molar-refractivity contribution in [2.45, 2.75) is 43.8 Å². The van der Waals surface area contributed by atoms with Crippen LogP contribution in [0.15, 0.2) is 36.4 Å². The highest BCUT2D eigenvalue weighted by atomic mass is 16.3. The molecule has 2 unspecified atom stereocenters. The maximum absolute atomic E-state index is 10.00. The third-order valence-electron chi connectivity index (χ3n) is 5.36. The van der Waals surface area contributed by atoms with E-state index in [2.05, 4.69) is 29.4 Å². The molecule has 21 heavy (non-hydrogen) atoms. The van der Waals surface area contributed by atoms with Crippen molar-refractivity contribution >= 4 is 16.5 Å². The fourth-order valence-electron chi connectivity index (χ4n) is 4.17. The van der Waals surface area contributed by atoms with E-state index in [4.69, 9.17) is 0 Å². The molecule has 2 aromatic rings. The molecule has 0 saturated carbocycles. The van der Waals surface area contributed by atoms with Crippen LogP contribution in [0.2, 0.25) is 0 Å². The number of piperidine rings is 1. The number of hydrogen-bond donors (Lipinski definition) is 2. The lowest BCUT2D eigenvalue weighted by Gasteiger charge is -2.37. The van der Waals surface area contributed by atoms with Crippen molar-refractivity contribution in [1.29, 1.82) is 0 Å². The number of rotatable bonds is 2. The molecule has 0 amide bonds. The Labute approximate surface area is 125 Å². The van der Waals surface area contributed by atoms with E-state index < -0.39 is 0 Å². The zero-order valence-electron chi connectivity index (χ0n) is 12.4. The van der Waals surface area contributed by atoms with Gasteiger partial charge in [0.25, 0.3) is 0 Å². The van der Waals surface area contributed by atoms with Crippen LogP contribution in [0.25, 0.3) is 10.8 Å². The number of phenolic OH excluding ortho intramolecular Hbond substituents is 1. The minimum absolute atomic E-state index is 0.361. The lowest BCUT2D eigenvalue weighted by molar-refractivity contribution is 0.169. The third kappa shape index (κ3) is 2.16. The lowest BCUT2D eigenvalue weighted by atomic mass is 9.97. The summed E-state index contributed by atoms with van der Waals surface area (Å²) < 4.78 is 0. The second-order valence-corrected chi connectivity index (χ2v) is 6.54. The van der Waals surface area contributed by atoms with Crippen molar-refractivity contribution in [3.63, 3.8) is 0 Å². The molecule has 2 saturated heterocycles. The molecule has 3 heteroatoms. The van der Waals surface area contributed by atoms with Gasteiger partial charge in [-0.1, -0.05) is 24.3 Å². The second kappa shape index (κ2) is 4.92. The van der Waals surface area contributed by atoms with E-state index in [1.54, 1.807) is 6.07 Å². The minimum atomic E-state index is 0.361. The van der Waals surface area contributed by atoms with Gasteiger partial charge in [0.2, 0.25) is 0 Å². The monoisotopic (exact) mass is 282 g/mol. The predicted octanol–water partition coefficient (Wildman–Crippen LogP) is 3.58. The van der Waals surface area contributed by atoms with Crippen LogP contribution in [-0.2, 0) is 0 Å². The summed E-state index contributed by atoms with van der Waals surface area (Å²) in [6.45, 7) is 0. The Kier molecular flexibility index (Phi) is 3.03. The van der Waals surface area contributed by atoms with Crippen molar-refractivity contribution in [2.24, 2.45) is 0 Å². The number of benzene rings is 2. The van der Waals surface area contributed by atoms with E-state index in [1.807, 2.05) is 18.2 Å². The Morgan fingerprint density at radius 1 is 1.00 bits per heavy atom. The molecule has 2 heterocycles. The maximum atomic E-state index is 10.00. The normalized spacial score (nSPS) is 28.9. The van der Waals surface area contributed by atoms with Gasteiger partial charge >= 0.3 is 0 Å². The molecule has 0 aliphatic carbocycles. The first kappa shape index (κ1) is 13.0. The van der Waals surface area contributed by atoms with Crippen LogP contribution < -0.4 is 5.32 Å². The summed E-state index contributed by atoms with van der Waals surface area (Å²) in [5, 5.41) is 15.8. The van der Waals surface area contributed by atoms with Crippen LogP contribution in [0.3, 0.4) is 0 Å². The van der Waals surface area contributed by atoms with Gasteiger partial charge in [0.15, 0.2) is 0 Å².